The van der Waals surface area contributed by atoms with Gasteiger partial charge in [-0.15, -0.1) is 0 Å². The highest BCUT2D eigenvalue weighted by Gasteiger charge is 2.29. The molecule has 0 aromatic heterocycles. The molecule has 0 heterocycles. The van der Waals surface area contributed by atoms with Crippen molar-refractivity contribution < 1.29 is 18.3 Å². The highest BCUT2D eigenvalue weighted by molar-refractivity contribution is 14.1. The second kappa shape index (κ2) is 7.52. The van der Waals surface area contributed by atoms with Gasteiger partial charge in [-0.2, -0.15) is 13.2 Å². The Morgan fingerprint density at radius 3 is 1.95 bits per heavy atom. The third-order valence-electron chi connectivity index (χ3n) is 2.85. The highest BCUT2D eigenvalue weighted by Crippen LogP contribution is 2.37. The number of halogens is 4. The summed E-state index contributed by atoms with van der Waals surface area (Å²) in [4.78, 5) is 0.141. The number of alkyl halides is 3. The van der Waals surface area contributed by atoms with Crippen molar-refractivity contribution in [3.63, 3.8) is 0 Å². The quantitative estimate of drug-likeness (QED) is 0.517. The Bertz CT molecular complexity index is 649. The van der Waals surface area contributed by atoms with Gasteiger partial charge in [0.05, 0.1) is 6.61 Å². The van der Waals surface area contributed by atoms with Crippen molar-refractivity contribution >= 4 is 39.9 Å². The van der Waals surface area contributed by atoms with Crippen LogP contribution in [-0.4, -0.2) is 17.2 Å². The second-order valence-corrected chi connectivity index (χ2v) is 6.76. The summed E-state index contributed by atoms with van der Waals surface area (Å²) in [5.74, 6) is 0. The Labute approximate surface area is 144 Å². The summed E-state index contributed by atoms with van der Waals surface area (Å²) in [5.41, 5.74) is -1.82. The maximum Gasteiger partial charge on any atom is 0.446 e. The van der Waals surface area contributed by atoms with Crippen molar-refractivity contribution in [3.8, 4) is 0 Å². The average Bonchev–Trinajstić information content (AvgIpc) is 2.45. The predicted molar refractivity (Wildman–Crippen MR) is 91.7 cm³/mol. The molecule has 1 N–H and O–H groups in total. The van der Waals surface area contributed by atoms with Gasteiger partial charge in [0.15, 0.2) is 0 Å². The van der Waals surface area contributed by atoms with Crippen LogP contribution >= 0.6 is 34.4 Å². The lowest BCUT2D eigenvalue weighted by atomic mass is 9.98. The van der Waals surface area contributed by atoms with Crippen LogP contribution in [0, 0.1) is 3.57 Å². The van der Waals surface area contributed by atoms with Crippen LogP contribution in [0.4, 0.5) is 13.2 Å². The Hall–Kier alpha value is -0.990. The molecule has 2 aromatic rings. The van der Waals surface area contributed by atoms with Crippen molar-refractivity contribution in [2.45, 2.75) is 10.4 Å². The summed E-state index contributed by atoms with van der Waals surface area (Å²) in [6, 6.07) is 13.9. The predicted octanol–water partition coefficient (Wildman–Crippen LogP) is 5.33. The molecule has 0 atom stereocenters. The van der Waals surface area contributed by atoms with Crippen molar-refractivity contribution in [2.24, 2.45) is 0 Å². The van der Waals surface area contributed by atoms with E-state index in [1.807, 2.05) is 24.3 Å². The van der Waals surface area contributed by atoms with E-state index in [1.165, 1.54) is 12.1 Å². The number of hydrogen-bond acceptors (Lipinski definition) is 2. The van der Waals surface area contributed by atoms with E-state index < -0.39 is 5.51 Å². The van der Waals surface area contributed by atoms with E-state index in [0.29, 0.717) is 0 Å². The van der Waals surface area contributed by atoms with Crippen LogP contribution in [0.5, 0.6) is 0 Å². The number of benzene rings is 2. The molecule has 0 aliphatic carbocycles. The van der Waals surface area contributed by atoms with E-state index in [9.17, 15) is 18.3 Å². The lowest BCUT2D eigenvalue weighted by Crippen LogP contribution is -1.99. The van der Waals surface area contributed by atoms with Crippen LogP contribution in [0.15, 0.2) is 59.5 Å². The van der Waals surface area contributed by atoms with Gasteiger partial charge in [-0.3, -0.25) is 0 Å². The number of thioether (sulfide) groups is 1. The summed E-state index contributed by atoms with van der Waals surface area (Å²) in [7, 11) is 0. The first-order valence-corrected chi connectivity index (χ1v) is 8.22. The van der Waals surface area contributed by atoms with Gasteiger partial charge in [-0.1, -0.05) is 30.3 Å². The Morgan fingerprint density at radius 1 is 1.00 bits per heavy atom. The lowest BCUT2D eigenvalue weighted by Gasteiger charge is -2.10. The molecule has 0 bridgehead atoms. The molecule has 0 spiro atoms. The zero-order valence-corrected chi connectivity index (χ0v) is 14.2. The largest absolute Gasteiger partial charge is 0.446 e. The van der Waals surface area contributed by atoms with Gasteiger partial charge in [0.2, 0.25) is 0 Å². The topological polar surface area (TPSA) is 20.2 Å². The molecule has 2 aromatic carbocycles. The molecule has 0 saturated heterocycles. The molecule has 0 aliphatic heterocycles. The van der Waals surface area contributed by atoms with Gasteiger partial charge in [0.25, 0.3) is 0 Å². The Balaban J connectivity index is 2.30. The zero-order chi connectivity index (χ0) is 16.2. The van der Waals surface area contributed by atoms with Crippen LogP contribution in [0.1, 0.15) is 11.1 Å². The standard InChI is InChI=1S/C16H12F3IOS/c17-16(18,19)22-14-7-3-12(4-8-14)15(9-10-21)11-1-5-13(20)6-2-11/h1-9,21H,10H2/b15-9-. The minimum Gasteiger partial charge on any atom is -0.392 e. The van der Waals surface area contributed by atoms with Crippen molar-refractivity contribution in [1.29, 1.82) is 0 Å². The molecule has 6 heteroatoms. The third-order valence-corrected chi connectivity index (χ3v) is 4.31. The normalized spacial score (nSPS) is 12.5. The molecule has 116 valence electrons. The van der Waals surface area contributed by atoms with E-state index in [2.05, 4.69) is 22.6 Å². The maximum absolute atomic E-state index is 12.3. The van der Waals surface area contributed by atoms with Gasteiger partial charge >= 0.3 is 5.51 Å². The van der Waals surface area contributed by atoms with E-state index >= 15 is 0 Å². The van der Waals surface area contributed by atoms with E-state index in [-0.39, 0.29) is 23.3 Å². The van der Waals surface area contributed by atoms with E-state index in [4.69, 9.17) is 0 Å². The minimum atomic E-state index is -4.29. The van der Waals surface area contributed by atoms with Crippen LogP contribution in [-0.2, 0) is 0 Å². The first kappa shape index (κ1) is 17.4. The molecule has 22 heavy (non-hydrogen) atoms. The third kappa shape index (κ3) is 5.03. The SMILES string of the molecule is OC/C=C(/c1ccc(I)cc1)c1ccc(SC(F)(F)F)cc1. The molecule has 0 fully saturated rings. The van der Waals surface area contributed by atoms with Gasteiger partial charge in [-0.25, -0.2) is 0 Å². The molecule has 1 nitrogen and oxygen atoms in total. The van der Waals surface area contributed by atoms with Crippen LogP contribution in [0.25, 0.3) is 5.57 Å². The average molecular weight is 436 g/mol. The monoisotopic (exact) mass is 436 g/mol. The van der Waals surface area contributed by atoms with Gasteiger partial charge in [0, 0.05) is 8.47 Å². The van der Waals surface area contributed by atoms with Crippen LogP contribution in [0.2, 0.25) is 0 Å². The lowest BCUT2D eigenvalue weighted by molar-refractivity contribution is -0.0328. The molecule has 0 aliphatic rings. The molecule has 0 radical (unpaired) electrons. The minimum absolute atomic E-state index is 0.138. The first-order chi connectivity index (χ1) is 10.4. The molecule has 2 rings (SSSR count). The molecular formula is C16H12F3IOS. The second-order valence-electron chi connectivity index (χ2n) is 4.38. The molecular weight excluding hydrogens is 424 g/mol. The zero-order valence-electron chi connectivity index (χ0n) is 11.3. The summed E-state index contributed by atoms with van der Waals surface area (Å²) >= 11 is 2.06. The van der Waals surface area contributed by atoms with E-state index in [0.717, 1.165) is 20.3 Å². The van der Waals surface area contributed by atoms with Crippen molar-refractivity contribution in [3.05, 3.63) is 69.3 Å². The summed E-state index contributed by atoms with van der Waals surface area (Å²) in [5, 5.41) is 9.19. The van der Waals surface area contributed by atoms with Gasteiger partial charge < -0.3 is 5.11 Å². The molecule has 0 amide bonds. The van der Waals surface area contributed by atoms with Gasteiger partial charge in [-0.05, 0) is 75.3 Å². The first-order valence-electron chi connectivity index (χ1n) is 6.32. The number of hydrogen-bond donors (Lipinski definition) is 1. The summed E-state index contributed by atoms with van der Waals surface area (Å²) < 4.78 is 38.1. The fourth-order valence-corrected chi connectivity index (χ4v) is 2.86. The number of rotatable bonds is 4. The number of aliphatic hydroxyl groups is 1. The Kier molecular flexibility index (Phi) is 5.94. The molecule has 0 unspecified atom stereocenters. The van der Waals surface area contributed by atoms with Crippen LogP contribution < -0.4 is 0 Å². The summed E-state index contributed by atoms with van der Waals surface area (Å²) in [6.45, 7) is -0.139. The fourth-order valence-electron chi connectivity index (χ4n) is 1.96. The Morgan fingerprint density at radius 2 is 1.50 bits per heavy atom. The smallest absolute Gasteiger partial charge is 0.392 e. The van der Waals surface area contributed by atoms with E-state index in [1.54, 1.807) is 18.2 Å². The maximum atomic E-state index is 12.3. The fraction of sp³-hybridized carbons (Fsp3) is 0.125. The van der Waals surface area contributed by atoms with Crippen molar-refractivity contribution in [2.75, 3.05) is 6.61 Å². The van der Waals surface area contributed by atoms with Gasteiger partial charge in [0.1, 0.15) is 0 Å². The molecule has 0 saturated carbocycles. The summed E-state index contributed by atoms with van der Waals surface area (Å²) in [6.07, 6.45) is 1.65. The number of aliphatic hydroxyl groups excluding tert-OH is 1. The highest BCUT2D eigenvalue weighted by atomic mass is 127. The van der Waals surface area contributed by atoms with Crippen LogP contribution in [0.3, 0.4) is 0 Å². The van der Waals surface area contributed by atoms with Crippen molar-refractivity contribution in [1.82, 2.24) is 0 Å².